The number of rotatable bonds is 5. The summed E-state index contributed by atoms with van der Waals surface area (Å²) in [6.45, 7) is 8.61. The van der Waals surface area contributed by atoms with Crippen LogP contribution in [0.2, 0.25) is 0 Å². The van der Waals surface area contributed by atoms with Gasteiger partial charge in [0.25, 0.3) is 0 Å². The standard InChI is InChI=1S/C18H24N2/c1-13(2)19-17-9-5-7-15(11-17)16-8-6-10-18(12-16)20-14(3)4/h5-14,19-20H,1-4H3. The molecule has 0 aliphatic rings. The smallest absolute Gasteiger partial charge is 0.0348 e. The maximum atomic E-state index is 3.45. The van der Waals surface area contributed by atoms with Crippen molar-refractivity contribution in [3.8, 4) is 11.1 Å². The first-order valence-electron chi connectivity index (χ1n) is 7.28. The fourth-order valence-electron chi connectivity index (χ4n) is 2.24. The minimum absolute atomic E-state index is 0.444. The van der Waals surface area contributed by atoms with Gasteiger partial charge in [-0.3, -0.25) is 0 Å². The van der Waals surface area contributed by atoms with Gasteiger partial charge in [0.1, 0.15) is 0 Å². The lowest BCUT2D eigenvalue weighted by molar-refractivity contribution is 0.899. The molecule has 0 radical (unpaired) electrons. The van der Waals surface area contributed by atoms with Crippen LogP contribution in [0, 0.1) is 0 Å². The van der Waals surface area contributed by atoms with Crippen LogP contribution in [0.25, 0.3) is 11.1 Å². The molecule has 0 aliphatic heterocycles. The Balaban J connectivity index is 2.26. The first kappa shape index (κ1) is 14.4. The van der Waals surface area contributed by atoms with Crippen LogP contribution in [0.5, 0.6) is 0 Å². The van der Waals surface area contributed by atoms with Crippen molar-refractivity contribution in [2.24, 2.45) is 0 Å². The normalized spacial score (nSPS) is 10.9. The first-order chi connectivity index (χ1) is 9.54. The Hall–Kier alpha value is -1.96. The van der Waals surface area contributed by atoms with Crippen molar-refractivity contribution in [1.29, 1.82) is 0 Å². The minimum atomic E-state index is 0.444. The second-order valence-electron chi connectivity index (χ2n) is 5.76. The van der Waals surface area contributed by atoms with Crippen LogP contribution in [0.3, 0.4) is 0 Å². The molecule has 2 nitrogen and oxygen atoms in total. The van der Waals surface area contributed by atoms with Gasteiger partial charge in [-0.05, 0) is 63.1 Å². The molecule has 0 saturated carbocycles. The summed E-state index contributed by atoms with van der Waals surface area (Å²) in [6.07, 6.45) is 0. The number of benzene rings is 2. The predicted molar refractivity (Wildman–Crippen MR) is 89.4 cm³/mol. The Morgan fingerprint density at radius 3 is 1.40 bits per heavy atom. The molecular weight excluding hydrogens is 244 g/mol. The molecule has 2 rings (SSSR count). The van der Waals surface area contributed by atoms with E-state index in [2.05, 4.69) is 86.9 Å². The van der Waals surface area contributed by atoms with Gasteiger partial charge in [-0.15, -0.1) is 0 Å². The van der Waals surface area contributed by atoms with Crippen molar-refractivity contribution in [1.82, 2.24) is 0 Å². The molecule has 0 atom stereocenters. The van der Waals surface area contributed by atoms with Gasteiger partial charge in [-0.2, -0.15) is 0 Å². The van der Waals surface area contributed by atoms with Crippen LogP contribution in [0.1, 0.15) is 27.7 Å². The van der Waals surface area contributed by atoms with Crippen LogP contribution >= 0.6 is 0 Å². The number of nitrogens with one attached hydrogen (secondary N) is 2. The second kappa shape index (κ2) is 6.47. The Kier molecular flexibility index (Phi) is 4.67. The third-order valence-electron chi connectivity index (χ3n) is 2.97. The van der Waals surface area contributed by atoms with Gasteiger partial charge in [0.15, 0.2) is 0 Å². The van der Waals surface area contributed by atoms with Gasteiger partial charge in [0.05, 0.1) is 0 Å². The lowest BCUT2D eigenvalue weighted by Crippen LogP contribution is -2.09. The van der Waals surface area contributed by atoms with E-state index in [0.717, 1.165) is 0 Å². The summed E-state index contributed by atoms with van der Waals surface area (Å²) in [5.74, 6) is 0. The highest BCUT2D eigenvalue weighted by Crippen LogP contribution is 2.25. The van der Waals surface area contributed by atoms with Crippen LogP contribution < -0.4 is 10.6 Å². The third kappa shape index (κ3) is 4.02. The topological polar surface area (TPSA) is 24.1 Å². The highest BCUT2D eigenvalue weighted by Gasteiger charge is 2.02. The quantitative estimate of drug-likeness (QED) is 0.798. The van der Waals surface area contributed by atoms with E-state index in [1.54, 1.807) is 0 Å². The SMILES string of the molecule is CC(C)Nc1cccc(-c2cccc(NC(C)C)c2)c1. The molecular formula is C18H24N2. The predicted octanol–water partition coefficient (Wildman–Crippen LogP) is 4.99. The van der Waals surface area contributed by atoms with Crippen molar-refractivity contribution in [3.63, 3.8) is 0 Å². The zero-order valence-corrected chi connectivity index (χ0v) is 12.8. The summed E-state index contributed by atoms with van der Waals surface area (Å²) in [5.41, 5.74) is 4.81. The van der Waals surface area contributed by atoms with E-state index in [4.69, 9.17) is 0 Å². The van der Waals surface area contributed by atoms with Crippen LogP contribution in [-0.2, 0) is 0 Å². The van der Waals surface area contributed by atoms with Crippen molar-refractivity contribution in [3.05, 3.63) is 48.5 Å². The zero-order chi connectivity index (χ0) is 14.5. The van der Waals surface area contributed by atoms with E-state index in [0.29, 0.717) is 12.1 Å². The summed E-state index contributed by atoms with van der Waals surface area (Å²) in [6, 6.07) is 18.0. The van der Waals surface area contributed by atoms with Gasteiger partial charge >= 0.3 is 0 Å². The molecule has 0 spiro atoms. The van der Waals surface area contributed by atoms with Crippen LogP contribution in [0.15, 0.2) is 48.5 Å². The minimum Gasteiger partial charge on any atom is -0.383 e. The summed E-state index contributed by atoms with van der Waals surface area (Å²) in [4.78, 5) is 0. The average Bonchev–Trinajstić information content (AvgIpc) is 2.38. The van der Waals surface area contributed by atoms with E-state index in [1.165, 1.54) is 22.5 Å². The molecule has 0 amide bonds. The number of hydrogen-bond donors (Lipinski definition) is 2. The molecule has 106 valence electrons. The molecule has 0 saturated heterocycles. The van der Waals surface area contributed by atoms with Crippen molar-refractivity contribution in [2.45, 2.75) is 39.8 Å². The van der Waals surface area contributed by atoms with Crippen LogP contribution in [0.4, 0.5) is 11.4 Å². The van der Waals surface area contributed by atoms with E-state index in [1.807, 2.05) is 0 Å². The van der Waals surface area contributed by atoms with Gasteiger partial charge in [0, 0.05) is 23.5 Å². The monoisotopic (exact) mass is 268 g/mol. The maximum Gasteiger partial charge on any atom is 0.0348 e. The fraction of sp³-hybridized carbons (Fsp3) is 0.333. The first-order valence-corrected chi connectivity index (χ1v) is 7.28. The maximum absolute atomic E-state index is 3.45. The lowest BCUT2D eigenvalue weighted by Gasteiger charge is -2.13. The second-order valence-corrected chi connectivity index (χ2v) is 5.76. The molecule has 0 aromatic heterocycles. The Morgan fingerprint density at radius 1 is 0.650 bits per heavy atom. The van der Waals surface area contributed by atoms with Gasteiger partial charge in [0.2, 0.25) is 0 Å². The third-order valence-corrected chi connectivity index (χ3v) is 2.97. The lowest BCUT2D eigenvalue weighted by atomic mass is 10.0. The molecule has 2 heteroatoms. The molecule has 2 aromatic rings. The summed E-state index contributed by atoms with van der Waals surface area (Å²) in [5, 5.41) is 6.89. The average molecular weight is 268 g/mol. The van der Waals surface area contributed by atoms with Crippen molar-refractivity contribution >= 4 is 11.4 Å². The summed E-state index contributed by atoms with van der Waals surface area (Å²) < 4.78 is 0. The molecule has 0 fully saturated rings. The van der Waals surface area contributed by atoms with E-state index in [9.17, 15) is 0 Å². The summed E-state index contributed by atoms with van der Waals surface area (Å²) in [7, 11) is 0. The van der Waals surface area contributed by atoms with Gasteiger partial charge in [-0.1, -0.05) is 24.3 Å². The van der Waals surface area contributed by atoms with E-state index < -0.39 is 0 Å². The Morgan fingerprint density at radius 2 is 1.05 bits per heavy atom. The molecule has 2 N–H and O–H groups in total. The van der Waals surface area contributed by atoms with Gasteiger partial charge < -0.3 is 10.6 Å². The molecule has 0 bridgehead atoms. The summed E-state index contributed by atoms with van der Waals surface area (Å²) >= 11 is 0. The molecule has 0 unspecified atom stereocenters. The zero-order valence-electron chi connectivity index (χ0n) is 12.8. The fourth-order valence-corrected chi connectivity index (χ4v) is 2.24. The highest BCUT2D eigenvalue weighted by atomic mass is 14.9. The molecule has 0 heterocycles. The molecule has 20 heavy (non-hydrogen) atoms. The van der Waals surface area contributed by atoms with E-state index in [-0.39, 0.29) is 0 Å². The van der Waals surface area contributed by atoms with E-state index >= 15 is 0 Å². The highest BCUT2D eigenvalue weighted by molar-refractivity contribution is 5.71. The molecule has 0 aliphatic carbocycles. The largest absolute Gasteiger partial charge is 0.383 e. The van der Waals surface area contributed by atoms with Gasteiger partial charge in [-0.25, -0.2) is 0 Å². The number of anilines is 2. The Bertz CT molecular complexity index is 507. The number of hydrogen-bond acceptors (Lipinski definition) is 2. The van der Waals surface area contributed by atoms with Crippen LogP contribution in [-0.4, -0.2) is 12.1 Å². The Labute approximate surface area is 122 Å². The van der Waals surface area contributed by atoms with Crippen molar-refractivity contribution in [2.75, 3.05) is 10.6 Å². The molecule has 2 aromatic carbocycles. The van der Waals surface area contributed by atoms with Crippen molar-refractivity contribution < 1.29 is 0 Å².